The summed E-state index contributed by atoms with van der Waals surface area (Å²) in [6.45, 7) is 4.84. The Balaban J connectivity index is 1.54. The molecule has 0 heterocycles. The van der Waals surface area contributed by atoms with Crippen molar-refractivity contribution in [3.63, 3.8) is 0 Å². The topological polar surface area (TPSA) is 55.1 Å². The average Bonchev–Trinajstić information content (AvgIpc) is 2.33. The van der Waals surface area contributed by atoms with E-state index in [2.05, 4.69) is 19.2 Å². The Morgan fingerprint density at radius 3 is 2.10 bits per heavy atom. The number of amides is 1. The number of nitrogens with two attached hydrogens (primary N) is 1. The zero-order valence-corrected chi connectivity index (χ0v) is 13.0. The lowest BCUT2D eigenvalue weighted by molar-refractivity contribution is -0.129. The Hall–Kier alpha value is -0.570. The molecule has 0 aromatic heterocycles. The van der Waals surface area contributed by atoms with Gasteiger partial charge in [-0.1, -0.05) is 13.8 Å². The van der Waals surface area contributed by atoms with E-state index in [0.29, 0.717) is 17.9 Å². The van der Waals surface area contributed by atoms with Gasteiger partial charge in [0, 0.05) is 19.0 Å². The zero-order valence-electron chi connectivity index (χ0n) is 13.0. The molecule has 114 valence electrons. The van der Waals surface area contributed by atoms with Crippen LogP contribution in [-0.4, -0.2) is 18.5 Å². The van der Waals surface area contributed by atoms with Crippen molar-refractivity contribution in [2.24, 2.45) is 34.8 Å². The highest BCUT2D eigenvalue weighted by molar-refractivity contribution is 5.76. The minimum absolute atomic E-state index is 0.0790. The van der Waals surface area contributed by atoms with Gasteiger partial charge < -0.3 is 11.1 Å². The lowest BCUT2D eigenvalue weighted by atomic mass is 9.49. The third-order valence-electron chi connectivity index (χ3n) is 6.09. The molecule has 4 saturated carbocycles. The standard InChI is InChI=1S/C17H30N2O/c1-11(2)15(18)10-19-16(20)9-17-6-12-3-13(7-17)5-14(4-12)8-17/h11-15H,3-10,18H2,1-2H3,(H,19,20). The molecule has 4 aliphatic rings. The maximum Gasteiger partial charge on any atom is 0.220 e. The van der Waals surface area contributed by atoms with Crippen molar-refractivity contribution in [2.45, 2.75) is 64.8 Å². The predicted molar refractivity (Wildman–Crippen MR) is 81.0 cm³/mol. The highest BCUT2D eigenvalue weighted by Crippen LogP contribution is 2.61. The molecule has 1 unspecified atom stereocenters. The van der Waals surface area contributed by atoms with Gasteiger partial charge in [-0.2, -0.15) is 0 Å². The van der Waals surface area contributed by atoms with Crippen molar-refractivity contribution in [2.75, 3.05) is 6.54 Å². The van der Waals surface area contributed by atoms with E-state index in [4.69, 9.17) is 5.73 Å². The van der Waals surface area contributed by atoms with E-state index in [9.17, 15) is 4.79 Å². The molecule has 1 amide bonds. The van der Waals surface area contributed by atoms with Crippen LogP contribution in [0.2, 0.25) is 0 Å². The first kappa shape index (κ1) is 14.4. The smallest absolute Gasteiger partial charge is 0.220 e. The summed E-state index contributed by atoms with van der Waals surface area (Å²) in [6, 6.07) is 0.0790. The van der Waals surface area contributed by atoms with Crippen LogP contribution in [0.25, 0.3) is 0 Å². The van der Waals surface area contributed by atoms with E-state index in [1.165, 1.54) is 38.5 Å². The number of carbonyl (C=O) groups is 1. The van der Waals surface area contributed by atoms with E-state index in [1.54, 1.807) is 0 Å². The number of hydrogen-bond donors (Lipinski definition) is 2. The Labute approximate surface area is 123 Å². The Bertz CT molecular complexity index is 342. The molecule has 3 heteroatoms. The SMILES string of the molecule is CC(C)C(N)CNC(=O)CC12CC3CC(CC(C3)C1)C2. The summed E-state index contributed by atoms with van der Waals surface area (Å²) in [4.78, 5) is 12.3. The fourth-order valence-electron chi connectivity index (χ4n) is 5.38. The molecule has 4 bridgehead atoms. The molecular formula is C17H30N2O. The minimum atomic E-state index is 0.0790. The van der Waals surface area contributed by atoms with Gasteiger partial charge in [-0.15, -0.1) is 0 Å². The molecule has 3 N–H and O–H groups in total. The van der Waals surface area contributed by atoms with Gasteiger partial charge in [0.25, 0.3) is 0 Å². The molecule has 3 nitrogen and oxygen atoms in total. The van der Waals surface area contributed by atoms with Gasteiger partial charge in [0.15, 0.2) is 0 Å². The largest absolute Gasteiger partial charge is 0.355 e. The fourth-order valence-corrected chi connectivity index (χ4v) is 5.38. The van der Waals surface area contributed by atoms with Gasteiger partial charge in [-0.25, -0.2) is 0 Å². The molecule has 0 radical (unpaired) electrons. The van der Waals surface area contributed by atoms with Crippen LogP contribution >= 0.6 is 0 Å². The number of rotatable bonds is 5. The molecule has 1 atom stereocenters. The van der Waals surface area contributed by atoms with Crippen molar-refractivity contribution in [3.8, 4) is 0 Å². The van der Waals surface area contributed by atoms with Crippen LogP contribution < -0.4 is 11.1 Å². The molecule has 0 aromatic rings. The first-order valence-electron chi connectivity index (χ1n) is 8.48. The Morgan fingerprint density at radius 1 is 1.15 bits per heavy atom. The van der Waals surface area contributed by atoms with E-state index in [1.807, 2.05) is 0 Å². The molecule has 0 spiro atoms. The van der Waals surface area contributed by atoms with Crippen LogP contribution in [0.15, 0.2) is 0 Å². The second kappa shape index (κ2) is 5.32. The lowest BCUT2D eigenvalue weighted by Crippen LogP contribution is -2.49. The van der Waals surface area contributed by atoms with Gasteiger partial charge in [0.1, 0.15) is 0 Å². The summed E-state index contributed by atoms with van der Waals surface area (Å²) in [5.41, 5.74) is 6.36. The van der Waals surface area contributed by atoms with Crippen LogP contribution in [0.1, 0.15) is 58.8 Å². The summed E-state index contributed by atoms with van der Waals surface area (Å²) in [5, 5.41) is 3.07. The van der Waals surface area contributed by atoms with Crippen LogP contribution in [0, 0.1) is 29.1 Å². The summed E-state index contributed by atoms with van der Waals surface area (Å²) < 4.78 is 0. The summed E-state index contributed by atoms with van der Waals surface area (Å²) in [5.74, 6) is 3.43. The fraction of sp³-hybridized carbons (Fsp3) is 0.941. The van der Waals surface area contributed by atoms with E-state index < -0.39 is 0 Å². The summed E-state index contributed by atoms with van der Waals surface area (Å²) in [7, 11) is 0. The van der Waals surface area contributed by atoms with Gasteiger partial charge >= 0.3 is 0 Å². The van der Waals surface area contributed by atoms with Crippen molar-refractivity contribution >= 4 is 5.91 Å². The summed E-state index contributed by atoms with van der Waals surface area (Å²) in [6.07, 6.45) is 9.01. The molecule has 0 aliphatic heterocycles. The van der Waals surface area contributed by atoms with Crippen LogP contribution in [0.4, 0.5) is 0 Å². The average molecular weight is 278 g/mol. The van der Waals surface area contributed by atoms with E-state index >= 15 is 0 Å². The quantitative estimate of drug-likeness (QED) is 0.812. The monoisotopic (exact) mass is 278 g/mol. The van der Waals surface area contributed by atoms with Gasteiger partial charge in [-0.3, -0.25) is 4.79 Å². The van der Waals surface area contributed by atoms with Gasteiger partial charge in [0.05, 0.1) is 0 Å². The molecule has 0 saturated heterocycles. The molecule has 4 fully saturated rings. The number of nitrogens with one attached hydrogen (secondary N) is 1. The maximum absolute atomic E-state index is 12.3. The Morgan fingerprint density at radius 2 is 1.65 bits per heavy atom. The zero-order chi connectivity index (χ0) is 14.3. The molecule has 20 heavy (non-hydrogen) atoms. The first-order chi connectivity index (χ1) is 9.46. The molecule has 4 rings (SSSR count). The highest BCUT2D eigenvalue weighted by Gasteiger charge is 2.51. The normalized spacial score (nSPS) is 40.1. The van der Waals surface area contributed by atoms with Crippen LogP contribution in [0.5, 0.6) is 0 Å². The second-order valence-corrected chi connectivity index (χ2v) is 8.31. The maximum atomic E-state index is 12.3. The second-order valence-electron chi connectivity index (χ2n) is 8.31. The molecular weight excluding hydrogens is 248 g/mol. The first-order valence-corrected chi connectivity index (χ1v) is 8.48. The van der Waals surface area contributed by atoms with Crippen molar-refractivity contribution in [1.29, 1.82) is 0 Å². The van der Waals surface area contributed by atoms with Crippen molar-refractivity contribution in [3.05, 3.63) is 0 Å². The third-order valence-corrected chi connectivity index (χ3v) is 6.09. The molecule has 0 aromatic carbocycles. The summed E-state index contributed by atoms with van der Waals surface area (Å²) >= 11 is 0. The van der Waals surface area contributed by atoms with Crippen molar-refractivity contribution < 1.29 is 4.79 Å². The Kier molecular flexibility index (Phi) is 3.83. The molecule has 4 aliphatic carbocycles. The van der Waals surface area contributed by atoms with Gasteiger partial charge in [-0.05, 0) is 67.6 Å². The third kappa shape index (κ3) is 2.88. The van der Waals surface area contributed by atoms with Gasteiger partial charge in [0.2, 0.25) is 5.91 Å². The van der Waals surface area contributed by atoms with Crippen LogP contribution in [-0.2, 0) is 4.79 Å². The van der Waals surface area contributed by atoms with E-state index in [0.717, 1.165) is 24.2 Å². The van der Waals surface area contributed by atoms with Crippen molar-refractivity contribution in [1.82, 2.24) is 5.32 Å². The van der Waals surface area contributed by atoms with Crippen LogP contribution in [0.3, 0.4) is 0 Å². The highest BCUT2D eigenvalue weighted by atomic mass is 16.1. The number of carbonyl (C=O) groups excluding carboxylic acids is 1. The minimum Gasteiger partial charge on any atom is -0.355 e. The number of hydrogen-bond acceptors (Lipinski definition) is 2. The predicted octanol–water partition coefficient (Wildman–Crippen LogP) is 2.69. The van der Waals surface area contributed by atoms with E-state index in [-0.39, 0.29) is 11.9 Å². The lowest BCUT2D eigenvalue weighted by Gasteiger charge is -2.56.